The molecule has 0 fully saturated rings. The summed E-state index contributed by atoms with van der Waals surface area (Å²) in [5, 5.41) is 17.2. The highest BCUT2D eigenvalue weighted by atomic mass is 32.2. The number of rotatable bonds is 5. The molecule has 0 aliphatic heterocycles. The molecule has 0 radical (unpaired) electrons. The lowest BCUT2D eigenvalue weighted by Crippen LogP contribution is -1.94. The summed E-state index contributed by atoms with van der Waals surface area (Å²) < 4.78 is 20.4. The first kappa shape index (κ1) is 16.0. The third-order valence-electron chi connectivity index (χ3n) is 3.48. The van der Waals surface area contributed by atoms with Crippen LogP contribution in [0.2, 0.25) is 0 Å². The minimum atomic E-state index is -0.341. The summed E-state index contributed by atoms with van der Waals surface area (Å²) in [5.74, 6) is 1.77. The molecule has 0 saturated heterocycles. The summed E-state index contributed by atoms with van der Waals surface area (Å²) in [6, 6.07) is 8.07. The molecule has 1 aromatic carbocycles. The quantitative estimate of drug-likeness (QED) is 0.492. The van der Waals surface area contributed by atoms with Crippen molar-refractivity contribution in [3.63, 3.8) is 0 Å². The van der Waals surface area contributed by atoms with E-state index >= 15 is 0 Å². The number of aromatic nitrogens is 5. The lowest BCUT2D eigenvalue weighted by molar-refractivity contribution is 0.425. The maximum absolute atomic E-state index is 13.3. The second-order valence-electron chi connectivity index (χ2n) is 5.19. The molecule has 0 atom stereocenters. The van der Waals surface area contributed by atoms with Crippen LogP contribution in [0.25, 0.3) is 22.8 Å². The van der Waals surface area contributed by atoms with Gasteiger partial charge in [0.2, 0.25) is 0 Å². The van der Waals surface area contributed by atoms with Gasteiger partial charge in [-0.3, -0.25) is 0 Å². The van der Waals surface area contributed by atoms with Crippen LogP contribution < -0.4 is 0 Å². The number of hydrogen-bond donors (Lipinski definition) is 0. The highest BCUT2D eigenvalue weighted by molar-refractivity contribution is 7.98. The van der Waals surface area contributed by atoms with E-state index in [-0.39, 0.29) is 5.82 Å². The molecule has 0 N–H and O–H groups in total. The van der Waals surface area contributed by atoms with E-state index < -0.39 is 0 Å². The molecule has 25 heavy (non-hydrogen) atoms. The molecule has 0 aliphatic carbocycles. The number of thiophene rings is 1. The molecule has 3 aromatic heterocycles. The summed E-state index contributed by atoms with van der Waals surface area (Å²) in [4.78, 5) is 4.30. The summed E-state index contributed by atoms with van der Waals surface area (Å²) in [6.45, 7) is 0. The van der Waals surface area contributed by atoms with Gasteiger partial charge in [-0.1, -0.05) is 23.0 Å². The van der Waals surface area contributed by atoms with Crippen molar-refractivity contribution in [1.29, 1.82) is 0 Å². The molecule has 4 aromatic rings. The van der Waals surface area contributed by atoms with E-state index in [1.807, 2.05) is 28.4 Å². The standard InChI is InChI=1S/C16H12FN5OS2/c1-22-14(11-5-6-24-8-11)19-20-16(22)25-9-13-18-15(23-21-13)10-3-2-4-12(17)7-10/h2-8H,9H2,1H3. The van der Waals surface area contributed by atoms with Crippen molar-refractivity contribution >= 4 is 23.1 Å². The Morgan fingerprint density at radius 2 is 2.16 bits per heavy atom. The Bertz CT molecular complexity index is 996. The number of thioether (sulfide) groups is 1. The second-order valence-corrected chi connectivity index (χ2v) is 6.91. The zero-order valence-electron chi connectivity index (χ0n) is 13.1. The van der Waals surface area contributed by atoms with Crippen LogP contribution in [0, 0.1) is 5.82 Å². The molecule has 0 saturated carbocycles. The smallest absolute Gasteiger partial charge is 0.258 e. The SMILES string of the molecule is Cn1c(SCc2noc(-c3cccc(F)c3)n2)nnc1-c1ccsc1. The fourth-order valence-electron chi connectivity index (χ4n) is 2.26. The minimum Gasteiger partial charge on any atom is -0.334 e. The van der Waals surface area contributed by atoms with Gasteiger partial charge in [-0.15, -0.1) is 10.2 Å². The fourth-order valence-corrected chi connectivity index (χ4v) is 3.65. The summed E-state index contributed by atoms with van der Waals surface area (Å²) in [6.07, 6.45) is 0. The van der Waals surface area contributed by atoms with Gasteiger partial charge in [-0.25, -0.2) is 4.39 Å². The third-order valence-corrected chi connectivity index (χ3v) is 5.18. The van der Waals surface area contributed by atoms with E-state index in [2.05, 4.69) is 20.3 Å². The van der Waals surface area contributed by atoms with Gasteiger partial charge >= 0.3 is 0 Å². The Morgan fingerprint density at radius 1 is 1.24 bits per heavy atom. The van der Waals surface area contributed by atoms with Crippen LogP contribution >= 0.6 is 23.1 Å². The molecular weight excluding hydrogens is 361 g/mol. The highest BCUT2D eigenvalue weighted by Gasteiger charge is 2.14. The van der Waals surface area contributed by atoms with E-state index in [9.17, 15) is 4.39 Å². The molecule has 0 amide bonds. The zero-order valence-corrected chi connectivity index (χ0v) is 14.7. The van der Waals surface area contributed by atoms with Crippen molar-refractivity contribution in [2.24, 2.45) is 7.05 Å². The van der Waals surface area contributed by atoms with E-state index in [4.69, 9.17) is 4.52 Å². The lowest BCUT2D eigenvalue weighted by atomic mass is 10.2. The Labute approximate surface area is 150 Å². The molecule has 4 rings (SSSR count). The number of benzene rings is 1. The van der Waals surface area contributed by atoms with Crippen molar-refractivity contribution in [1.82, 2.24) is 24.9 Å². The van der Waals surface area contributed by atoms with E-state index in [0.29, 0.717) is 23.0 Å². The number of hydrogen-bond acceptors (Lipinski definition) is 7. The van der Waals surface area contributed by atoms with Crippen molar-refractivity contribution in [2.45, 2.75) is 10.9 Å². The molecule has 0 unspecified atom stereocenters. The molecule has 0 aliphatic rings. The van der Waals surface area contributed by atoms with Gasteiger partial charge in [0.1, 0.15) is 5.82 Å². The second kappa shape index (κ2) is 6.77. The van der Waals surface area contributed by atoms with Crippen LogP contribution in [-0.2, 0) is 12.8 Å². The average molecular weight is 373 g/mol. The van der Waals surface area contributed by atoms with Crippen LogP contribution in [0.1, 0.15) is 5.82 Å². The molecule has 6 nitrogen and oxygen atoms in total. The van der Waals surface area contributed by atoms with Crippen molar-refractivity contribution in [3.05, 3.63) is 52.7 Å². The van der Waals surface area contributed by atoms with Gasteiger partial charge in [-0.2, -0.15) is 16.3 Å². The first-order valence-electron chi connectivity index (χ1n) is 7.34. The van der Waals surface area contributed by atoms with E-state index in [1.54, 1.807) is 23.5 Å². The number of halogens is 1. The summed E-state index contributed by atoms with van der Waals surface area (Å²) >= 11 is 3.08. The zero-order chi connectivity index (χ0) is 17.2. The van der Waals surface area contributed by atoms with Crippen molar-refractivity contribution < 1.29 is 8.91 Å². The summed E-state index contributed by atoms with van der Waals surface area (Å²) in [7, 11) is 1.92. The Balaban J connectivity index is 1.48. The van der Waals surface area contributed by atoms with Crippen LogP contribution in [-0.4, -0.2) is 24.9 Å². The van der Waals surface area contributed by atoms with Crippen LogP contribution in [0.4, 0.5) is 4.39 Å². The molecular formula is C16H12FN5OS2. The van der Waals surface area contributed by atoms with Crippen LogP contribution in [0.3, 0.4) is 0 Å². The van der Waals surface area contributed by atoms with Gasteiger partial charge in [0.05, 0.1) is 5.75 Å². The molecule has 3 heterocycles. The average Bonchev–Trinajstić information content (AvgIpc) is 3.34. The Morgan fingerprint density at radius 3 is 2.96 bits per heavy atom. The number of nitrogens with zero attached hydrogens (tertiary/aromatic N) is 5. The largest absolute Gasteiger partial charge is 0.334 e. The van der Waals surface area contributed by atoms with Gasteiger partial charge in [0.15, 0.2) is 16.8 Å². The topological polar surface area (TPSA) is 69.6 Å². The van der Waals surface area contributed by atoms with Gasteiger partial charge in [0.25, 0.3) is 5.89 Å². The first-order valence-corrected chi connectivity index (χ1v) is 9.27. The monoisotopic (exact) mass is 373 g/mol. The van der Waals surface area contributed by atoms with E-state index in [1.165, 1.54) is 23.9 Å². The summed E-state index contributed by atoms with van der Waals surface area (Å²) in [5.41, 5.74) is 1.60. The maximum atomic E-state index is 13.3. The Hall–Kier alpha value is -2.52. The van der Waals surface area contributed by atoms with E-state index in [0.717, 1.165) is 16.5 Å². The normalized spacial score (nSPS) is 11.1. The third kappa shape index (κ3) is 3.33. The predicted molar refractivity (Wildman–Crippen MR) is 93.6 cm³/mol. The lowest BCUT2D eigenvalue weighted by Gasteiger charge is -2.00. The predicted octanol–water partition coefficient (Wildman–Crippen LogP) is 4.03. The van der Waals surface area contributed by atoms with Crippen molar-refractivity contribution in [2.75, 3.05) is 0 Å². The van der Waals surface area contributed by atoms with Crippen LogP contribution in [0.5, 0.6) is 0 Å². The molecule has 0 spiro atoms. The molecule has 126 valence electrons. The minimum absolute atomic E-state index is 0.298. The van der Waals surface area contributed by atoms with Crippen molar-refractivity contribution in [3.8, 4) is 22.8 Å². The van der Waals surface area contributed by atoms with Crippen LogP contribution in [0.15, 0.2) is 50.8 Å². The van der Waals surface area contributed by atoms with Gasteiger partial charge in [-0.05, 0) is 29.6 Å². The molecule has 9 heteroatoms. The Kier molecular flexibility index (Phi) is 4.33. The molecule has 0 bridgehead atoms. The fraction of sp³-hybridized carbons (Fsp3) is 0.125. The highest BCUT2D eigenvalue weighted by Crippen LogP contribution is 2.26. The van der Waals surface area contributed by atoms with Gasteiger partial charge < -0.3 is 9.09 Å². The maximum Gasteiger partial charge on any atom is 0.258 e. The first-order chi connectivity index (χ1) is 12.2. The van der Waals surface area contributed by atoms with Gasteiger partial charge in [0, 0.05) is 23.6 Å².